The molecule has 0 aromatic carbocycles. The maximum Gasteiger partial charge on any atom is 0.191 e. The highest BCUT2D eigenvalue weighted by Gasteiger charge is 2.34. The molecule has 0 amide bonds. The van der Waals surface area contributed by atoms with Gasteiger partial charge in [0.25, 0.3) is 0 Å². The van der Waals surface area contributed by atoms with Crippen molar-refractivity contribution in [3.05, 3.63) is 21.9 Å². The molecule has 0 bridgehead atoms. The predicted molar refractivity (Wildman–Crippen MR) is 105 cm³/mol. The van der Waals surface area contributed by atoms with Gasteiger partial charge in [-0.1, -0.05) is 6.92 Å². The summed E-state index contributed by atoms with van der Waals surface area (Å²) in [5, 5.41) is 7.01. The SMILES string of the molecule is CCc1ccc(CNC(=NC)NC2CCN(C3CC3)C2)s1.I. The minimum absolute atomic E-state index is 0. The molecule has 0 spiro atoms. The second-order valence-corrected chi connectivity index (χ2v) is 7.26. The molecular formula is C16H27IN4S. The first-order valence-electron chi connectivity index (χ1n) is 8.07. The smallest absolute Gasteiger partial charge is 0.191 e. The summed E-state index contributed by atoms with van der Waals surface area (Å²) < 4.78 is 0. The summed E-state index contributed by atoms with van der Waals surface area (Å²) in [5.41, 5.74) is 0. The first kappa shape index (κ1) is 18.0. The molecule has 2 N–H and O–H groups in total. The topological polar surface area (TPSA) is 39.7 Å². The summed E-state index contributed by atoms with van der Waals surface area (Å²) >= 11 is 1.89. The van der Waals surface area contributed by atoms with Crippen LogP contribution < -0.4 is 10.6 Å². The average molecular weight is 434 g/mol. The number of rotatable bonds is 5. The molecule has 1 unspecified atom stereocenters. The highest BCUT2D eigenvalue weighted by Crippen LogP contribution is 2.29. The van der Waals surface area contributed by atoms with Crippen molar-refractivity contribution in [1.29, 1.82) is 0 Å². The fourth-order valence-electron chi connectivity index (χ4n) is 2.94. The third-order valence-corrected chi connectivity index (χ3v) is 5.57. The molecule has 4 nitrogen and oxygen atoms in total. The van der Waals surface area contributed by atoms with Gasteiger partial charge in [-0.2, -0.15) is 0 Å². The fraction of sp³-hybridized carbons (Fsp3) is 0.688. The van der Waals surface area contributed by atoms with Gasteiger partial charge in [0.1, 0.15) is 0 Å². The van der Waals surface area contributed by atoms with E-state index in [9.17, 15) is 0 Å². The van der Waals surface area contributed by atoms with Crippen LogP contribution in [0, 0.1) is 0 Å². The lowest BCUT2D eigenvalue weighted by Crippen LogP contribution is -2.44. The van der Waals surface area contributed by atoms with Crippen LogP contribution in [0.3, 0.4) is 0 Å². The maximum atomic E-state index is 4.36. The Morgan fingerprint density at radius 2 is 2.09 bits per heavy atom. The van der Waals surface area contributed by atoms with E-state index in [0.717, 1.165) is 25.0 Å². The Balaban J connectivity index is 0.00000176. The second kappa shape index (κ2) is 8.49. The van der Waals surface area contributed by atoms with Gasteiger partial charge in [0.05, 0.1) is 6.54 Å². The molecular weight excluding hydrogens is 407 g/mol. The number of nitrogens with one attached hydrogen (secondary N) is 2. The Bertz CT molecular complexity index is 498. The van der Waals surface area contributed by atoms with Crippen LogP contribution in [0.25, 0.3) is 0 Å². The van der Waals surface area contributed by atoms with E-state index >= 15 is 0 Å². The van der Waals surface area contributed by atoms with Crippen LogP contribution in [0.4, 0.5) is 0 Å². The number of thiophene rings is 1. The molecule has 2 heterocycles. The number of nitrogens with zero attached hydrogens (tertiary/aromatic N) is 2. The van der Waals surface area contributed by atoms with Crippen LogP contribution >= 0.6 is 35.3 Å². The number of likely N-dealkylation sites (tertiary alicyclic amines) is 1. The number of hydrogen-bond acceptors (Lipinski definition) is 3. The number of guanidine groups is 1. The van der Waals surface area contributed by atoms with E-state index in [0.29, 0.717) is 6.04 Å². The number of halogens is 1. The van der Waals surface area contributed by atoms with E-state index < -0.39 is 0 Å². The molecule has 1 atom stereocenters. The average Bonchev–Trinajstić information content (AvgIpc) is 3.08. The summed E-state index contributed by atoms with van der Waals surface area (Å²) in [6, 6.07) is 5.87. The Labute approximate surface area is 154 Å². The lowest BCUT2D eigenvalue weighted by molar-refractivity contribution is 0.321. The van der Waals surface area contributed by atoms with Crippen molar-refractivity contribution in [3.8, 4) is 0 Å². The molecule has 1 aliphatic carbocycles. The van der Waals surface area contributed by atoms with Gasteiger partial charge in [0, 0.05) is 42.0 Å². The van der Waals surface area contributed by atoms with Gasteiger partial charge in [-0.15, -0.1) is 35.3 Å². The summed E-state index contributed by atoms with van der Waals surface area (Å²) in [5.74, 6) is 0.934. The largest absolute Gasteiger partial charge is 0.352 e. The quantitative estimate of drug-likeness (QED) is 0.426. The molecule has 1 aromatic rings. The molecule has 2 aliphatic rings. The molecule has 22 heavy (non-hydrogen) atoms. The van der Waals surface area contributed by atoms with Crippen molar-refractivity contribution in [3.63, 3.8) is 0 Å². The zero-order valence-corrected chi connectivity index (χ0v) is 16.6. The van der Waals surface area contributed by atoms with Gasteiger partial charge >= 0.3 is 0 Å². The molecule has 6 heteroatoms. The normalized spacial score (nSPS) is 22.5. The molecule has 1 aliphatic heterocycles. The van der Waals surface area contributed by atoms with Gasteiger partial charge in [0.15, 0.2) is 5.96 Å². The number of hydrogen-bond donors (Lipinski definition) is 2. The van der Waals surface area contributed by atoms with Crippen molar-refractivity contribution in [2.24, 2.45) is 4.99 Å². The monoisotopic (exact) mass is 434 g/mol. The third-order valence-electron chi connectivity index (χ3n) is 4.34. The minimum Gasteiger partial charge on any atom is -0.352 e. The first-order chi connectivity index (χ1) is 10.3. The summed E-state index contributed by atoms with van der Waals surface area (Å²) in [6.07, 6.45) is 5.16. The van der Waals surface area contributed by atoms with E-state index in [1.165, 1.54) is 42.1 Å². The first-order valence-corrected chi connectivity index (χ1v) is 8.89. The minimum atomic E-state index is 0. The Morgan fingerprint density at radius 1 is 1.32 bits per heavy atom. The van der Waals surface area contributed by atoms with Crippen molar-refractivity contribution in [2.45, 2.75) is 51.2 Å². The van der Waals surface area contributed by atoms with Crippen molar-refractivity contribution >= 4 is 41.3 Å². The summed E-state index contributed by atoms with van der Waals surface area (Å²) in [4.78, 5) is 9.81. The predicted octanol–water partition coefficient (Wildman–Crippen LogP) is 2.83. The summed E-state index contributed by atoms with van der Waals surface area (Å²) in [6.45, 7) is 5.48. The van der Waals surface area contributed by atoms with Crippen LogP contribution in [-0.2, 0) is 13.0 Å². The van der Waals surface area contributed by atoms with Crippen molar-refractivity contribution in [1.82, 2.24) is 15.5 Å². The van der Waals surface area contributed by atoms with Gasteiger partial charge in [-0.3, -0.25) is 9.89 Å². The highest BCUT2D eigenvalue weighted by molar-refractivity contribution is 14.0. The van der Waals surface area contributed by atoms with E-state index in [2.05, 4.69) is 39.6 Å². The van der Waals surface area contributed by atoms with E-state index in [1.54, 1.807) is 0 Å². The maximum absolute atomic E-state index is 4.36. The Kier molecular flexibility index (Phi) is 6.95. The standard InChI is InChI=1S/C16H26N4S.HI/c1-3-14-6-7-15(21-14)10-18-16(17-2)19-12-8-9-20(11-12)13-4-5-13;/h6-7,12-13H,3-5,8-11H2,1-2H3,(H2,17,18,19);1H. The highest BCUT2D eigenvalue weighted by atomic mass is 127. The lowest BCUT2D eigenvalue weighted by atomic mass is 10.3. The van der Waals surface area contributed by atoms with Gasteiger partial charge < -0.3 is 10.6 Å². The van der Waals surface area contributed by atoms with Crippen LogP contribution in [0.1, 0.15) is 35.9 Å². The molecule has 1 saturated heterocycles. The summed E-state index contributed by atoms with van der Waals surface area (Å²) in [7, 11) is 1.86. The van der Waals surface area contributed by atoms with Crippen LogP contribution in [-0.4, -0.2) is 43.1 Å². The van der Waals surface area contributed by atoms with E-state index in [1.807, 2.05) is 18.4 Å². The fourth-order valence-corrected chi connectivity index (χ4v) is 3.84. The number of aliphatic imine (C=N–C) groups is 1. The van der Waals surface area contributed by atoms with Crippen LogP contribution in [0.2, 0.25) is 0 Å². The Hall–Kier alpha value is -0.340. The molecule has 1 saturated carbocycles. The zero-order chi connectivity index (χ0) is 14.7. The van der Waals surface area contributed by atoms with Crippen molar-refractivity contribution in [2.75, 3.05) is 20.1 Å². The second-order valence-electron chi connectivity index (χ2n) is 6.00. The third kappa shape index (κ3) is 4.83. The molecule has 3 rings (SSSR count). The lowest BCUT2D eigenvalue weighted by Gasteiger charge is -2.18. The van der Waals surface area contributed by atoms with Gasteiger partial charge in [-0.25, -0.2) is 0 Å². The molecule has 124 valence electrons. The molecule has 0 radical (unpaired) electrons. The van der Waals surface area contributed by atoms with Crippen molar-refractivity contribution < 1.29 is 0 Å². The van der Waals surface area contributed by atoms with Gasteiger partial charge in [-0.05, 0) is 37.8 Å². The van der Waals surface area contributed by atoms with E-state index in [4.69, 9.17) is 0 Å². The van der Waals surface area contributed by atoms with Crippen LogP contribution in [0.15, 0.2) is 17.1 Å². The molecule has 1 aromatic heterocycles. The van der Waals surface area contributed by atoms with E-state index in [-0.39, 0.29) is 24.0 Å². The van der Waals surface area contributed by atoms with Gasteiger partial charge in [0.2, 0.25) is 0 Å². The Morgan fingerprint density at radius 3 is 2.73 bits per heavy atom. The zero-order valence-electron chi connectivity index (χ0n) is 13.5. The van der Waals surface area contributed by atoms with Crippen LogP contribution in [0.5, 0.6) is 0 Å². The molecule has 2 fully saturated rings. The number of aryl methyl sites for hydroxylation is 1.